The van der Waals surface area contributed by atoms with E-state index in [4.69, 9.17) is 4.52 Å². The summed E-state index contributed by atoms with van der Waals surface area (Å²) in [5.41, 5.74) is 6.02. The molecule has 7 aromatic rings. The van der Waals surface area contributed by atoms with Crippen LogP contribution in [0.15, 0.2) is 102 Å². The zero-order chi connectivity index (χ0) is 25.2. The van der Waals surface area contributed by atoms with E-state index >= 15 is 0 Å². The molecule has 0 saturated heterocycles. The van der Waals surface area contributed by atoms with Crippen molar-refractivity contribution in [3.63, 3.8) is 0 Å². The number of rotatable bonds is 3. The first-order valence-corrected chi connectivity index (χ1v) is 13.8. The van der Waals surface area contributed by atoms with E-state index in [0.29, 0.717) is 20.4 Å². The Labute approximate surface area is 240 Å². The van der Waals surface area contributed by atoms with E-state index in [1.54, 1.807) is 18.5 Å². The Morgan fingerprint density at radius 3 is 2.55 bits per heavy atom. The van der Waals surface area contributed by atoms with Crippen LogP contribution in [0.25, 0.3) is 52.8 Å². The SMILES string of the molecule is CC(C)c1ccnc(-c2[c-]ccc3c2[se]c2ccccc23)c1.[Ir].[c-]1ccccc1-c1noc2ccncc12. The molecule has 4 nitrogen and oxygen atoms in total. The first kappa shape index (κ1) is 26.2. The molecule has 0 aliphatic rings. The summed E-state index contributed by atoms with van der Waals surface area (Å²) in [5.74, 6) is 0.515. The van der Waals surface area contributed by atoms with Gasteiger partial charge in [-0.3, -0.25) is 4.98 Å². The van der Waals surface area contributed by atoms with Gasteiger partial charge < -0.3 is 4.52 Å². The maximum Gasteiger partial charge on any atom is 0.160 e. The molecule has 0 bridgehead atoms. The number of nitrogens with zero attached hydrogens (tertiary/aromatic N) is 3. The molecule has 3 aromatic carbocycles. The van der Waals surface area contributed by atoms with Gasteiger partial charge in [0.2, 0.25) is 0 Å². The second-order valence-corrected chi connectivity index (χ2v) is 11.2. The Balaban J connectivity index is 0.000000161. The number of benzene rings is 3. The van der Waals surface area contributed by atoms with Crippen molar-refractivity contribution >= 4 is 44.8 Å². The average Bonchev–Trinajstić information content (AvgIpc) is 3.56. The fourth-order valence-electron chi connectivity index (χ4n) is 4.34. The molecular formula is C32H23IrN3OSe-2. The minimum absolute atomic E-state index is 0. The van der Waals surface area contributed by atoms with Gasteiger partial charge in [-0.25, -0.2) is 0 Å². The van der Waals surface area contributed by atoms with E-state index in [1.165, 1.54) is 30.4 Å². The second kappa shape index (κ2) is 11.6. The molecular weight excluding hydrogens is 714 g/mol. The Hall–Kier alpha value is -3.40. The van der Waals surface area contributed by atoms with Crippen molar-refractivity contribution in [2.75, 3.05) is 0 Å². The van der Waals surface area contributed by atoms with Crippen LogP contribution in [-0.2, 0) is 20.1 Å². The maximum atomic E-state index is 5.19. The summed E-state index contributed by atoms with van der Waals surface area (Å²) in [6.45, 7) is 4.44. The summed E-state index contributed by atoms with van der Waals surface area (Å²) in [6, 6.07) is 33.3. The van der Waals surface area contributed by atoms with Gasteiger partial charge >= 0.3 is 136 Å². The van der Waals surface area contributed by atoms with Crippen LogP contribution in [0.4, 0.5) is 0 Å². The number of aromatic nitrogens is 3. The van der Waals surface area contributed by atoms with Crippen LogP contribution in [0.3, 0.4) is 0 Å². The molecule has 0 fully saturated rings. The van der Waals surface area contributed by atoms with Gasteiger partial charge in [-0.15, -0.1) is 41.1 Å². The Bertz CT molecular complexity index is 1830. The van der Waals surface area contributed by atoms with Crippen LogP contribution in [0.5, 0.6) is 0 Å². The van der Waals surface area contributed by atoms with Crippen LogP contribution < -0.4 is 0 Å². The molecule has 0 N–H and O–H groups in total. The third kappa shape index (κ3) is 5.14. The third-order valence-corrected chi connectivity index (χ3v) is 8.81. The molecule has 7 rings (SSSR count). The molecule has 0 aliphatic heterocycles. The zero-order valence-electron chi connectivity index (χ0n) is 20.8. The normalized spacial score (nSPS) is 10.9. The molecule has 0 atom stereocenters. The molecule has 38 heavy (non-hydrogen) atoms. The summed E-state index contributed by atoms with van der Waals surface area (Å²) in [5, 5.41) is 7.68. The summed E-state index contributed by atoms with van der Waals surface area (Å²) in [7, 11) is 0. The van der Waals surface area contributed by atoms with E-state index < -0.39 is 0 Å². The summed E-state index contributed by atoms with van der Waals surface area (Å²) in [4.78, 5) is 8.67. The van der Waals surface area contributed by atoms with Gasteiger partial charge in [0.15, 0.2) is 5.58 Å². The van der Waals surface area contributed by atoms with Crippen molar-refractivity contribution in [2.45, 2.75) is 19.8 Å². The standard InChI is InChI=1S/C20H16NSe.C12H7N2O.Ir/c1-13(2)14-10-11-21-18(12-14)17-8-5-7-16-15-6-3-4-9-19(15)22-20(16)17;1-2-4-9(5-3-1)12-10-8-13-7-6-11(10)15-14-12;/h3-7,9-13H,1-2H3;1-4,6-8H;/q2*-1;. The van der Waals surface area contributed by atoms with Crippen molar-refractivity contribution in [3.05, 3.63) is 115 Å². The zero-order valence-corrected chi connectivity index (χ0v) is 24.9. The Kier molecular flexibility index (Phi) is 7.97. The quantitative estimate of drug-likeness (QED) is 0.138. The van der Waals surface area contributed by atoms with Crippen LogP contribution in [0.2, 0.25) is 0 Å². The maximum absolute atomic E-state index is 5.19. The van der Waals surface area contributed by atoms with Crippen molar-refractivity contribution in [3.8, 4) is 22.5 Å². The van der Waals surface area contributed by atoms with E-state index in [9.17, 15) is 0 Å². The molecule has 4 heterocycles. The third-order valence-electron chi connectivity index (χ3n) is 6.28. The molecule has 4 aromatic heterocycles. The van der Waals surface area contributed by atoms with E-state index in [2.05, 4.69) is 83.6 Å². The van der Waals surface area contributed by atoms with Gasteiger partial charge in [0.25, 0.3) is 0 Å². The van der Waals surface area contributed by atoms with Gasteiger partial charge in [0.1, 0.15) is 0 Å². The molecule has 0 aliphatic carbocycles. The number of hydrogen-bond donors (Lipinski definition) is 0. The number of pyridine rings is 2. The van der Waals surface area contributed by atoms with Crippen LogP contribution >= 0.6 is 0 Å². The van der Waals surface area contributed by atoms with Crippen molar-refractivity contribution in [1.82, 2.24) is 15.1 Å². The molecule has 0 amide bonds. The van der Waals surface area contributed by atoms with Gasteiger partial charge in [-0.05, 0) is 0 Å². The monoisotopic (exact) mass is 738 g/mol. The molecule has 6 heteroatoms. The van der Waals surface area contributed by atoms with Gasteiger partial charge in [0.05, 0.1) is 0 Å². The molecule has 1 radical (unpaired) electrons. The van der Waals surface area contributed by atoms with Crippen molar-refractivity contribution < 1.29 is 24.6 Å². The predicted octanol–water partition coefficient (Wildman–Crippen LogP) is 7.72. The van der Waals surface area contributed by atoms with Gasteiger partial charge in [-0.1, -0.05) is 0 Å². The summed E-state index contributed by atoms with van der Waals surface area (Å²) < 4.78 is 8.08. The number of hydrogen-bond acceptors (Lipinski definition) is 4. The van der Waals surface area contributed by atoms with E-state index in [1.807, 2.05) is 36.5 Å². The summed E-state index contributed by atoms with van der Waals surface area (Å²) in [6.07, 6.45) is 5.36. The second-order valence-electron chi connectivity index (χ2n) is 9.00. The molecule has 0 unspecified atom stereocenters. The van der Waals surface area contributed by atoms with E-state index in [0.717, 1.165) is 27.9 Å². The van der Waals surface area contributed by atoms with Gasteiger partial charge in [-0.2, -0.15) is 0 Å². The predicted molar refractivity (Wildman–Crippen MR) is 151 cm³/mol. The summed E-state index contributed by atoms with van der Waals surface area (Å²) >= 11 is 0.342. The molecule has 0 saturated carbocycles. The molecule has 0 spiro atoms. The minimum atomic E-state index is 0. The van der Waals surface area contributed by atoms with Crippen molar-refractivity contribution in [2.24, 2.45) is 0 Å². The topological polar surface area (TPSA) is 51.8 Å². The van der Waals surface area contributed by atoms with E-state index in [-0.39, 0.29) is 20.1 Å². The largest absolute Gasteiger partial charge is 0.366 e. The van der Waals surface area contributed by atoms with Crippen LogP contribution in [0.1, 0.15) is 25.3 Å². The fraction of sp³-hybridized carbons (Fsp3) is 0.0938. The Morgan fingerprint density at radius 1 is 0.842 bits per heavy atom. The van der Waals surface area contributed by atoms with Gasteiger partial charge in [0, 0.05) is 49.6 Å². The van der Waals surface area contributed by atoms with Crippen molar-refractivity contribution in [1.29, 1.82) is 0 Å². The smallest absolute Gasteiger partial charge is 0.160 e. The Morgan fingerprint density at radius 2 is 1.71 bits per heavy atom. The number of fused-ring (bicyclic) bond motifs is 4. The minimum Gasteiger partial charge on any atom is -0.366 e. The van der Waals surface area contributed by atoms with Crippen LogP contribution in [-0.4, -0.2) is 29.6 Å². The average molecular weight is 737 g/mol. The fourth-order valence-corrected chi connectivity index (χ4v) is 6.88. The first-order chi connectivity index (χ1) is 18.2. The first-order valence-electron chi connectivity index (χ1n) is 12.1. The molecule has 189 valence electrons. The van der Waals surface area contributed by atoms with Crippen LogP contribution in [0, 0.1) is 12.1 Å².